The first kappa shape index (κ1) is 12.4. The third-order valence-corrected chi connectivity index (χ3v) is 3.22. The van der Waals surface area contributed by atoms with Gasteiger partial charge >= 0.3 is 0 Å². The maximum Gasteiger partial charge on any atom is 0.0523 e. The molecule has 0 aliphatic rings. The molecule has 2 nitrogen and oxygen atoms in total. The number of thioether (sulfide) groups is 1. The Kier molecular flexibility index (Phi) is 5.54. The Labute approximate surface area is 96.9 Å². The smallest absolute Gasteiger partial charge is 0.0523 e. The number of pyridine rings is 1. The predicted octanol–water partition coefficient (Wildman–Crippen LogP) is 3.40. The van der Waals surface area contributed by atoms with Crippen molar-refractivity contribution in [3.63, 3.8) is 0 Å². The molecule has 0 saturated heterocycles. The molecule has 15 heavy (non-hydrogen) atoms. The van der Waals surface area contributed by atoms with Crippen LogP contribution in [0.5, 0.6) is 0 Å². The van der Waals surface area contributed by atoms with Crippen LogP contribution >= 0.6 is 11.8 Å². The number of nitrogens with one attached hydrogen (secondary N) is 1. The van der Waals surface area contributed by atoms with Crippen molar-refractivity contribution >= 4 is 17.4 Å². The van der Waals surface area contributed by atoms with E-state index >= 15 is 0 Å². The Bertz CT molecular complexity index is 287. The van der Waals surface area contributed by atoms with Gasteiger partial charge in [0.1, 0.15) is 0 Å². The van der Waals surface area contributed by atoms with Crippen molar-refractivity contribution in [1.82, 2.24) is 4.98 Å². The molecule has 0 aromatic carbocycles. The monoisotopic (exact) mass is 224 g/mol. The third-order valence-electron chi connectivity index (χ3n) is 2.19. The van der Waals surface area contributed by atoms with Gasteiger partial charge in [0.15, 0.2) is 0 Å². The van der Waals surface area contributed by atoms with Crippen LogP contribution in [0.1, 0.15) is 26.0 Å². The highest BCUT2D eigenvalue weighted by molar-refractivity contribution is 7.98. The van der Waals surface area contributed by atoms with Gasteiger partial charge in [-0.1, -0.05) is 13.8 Å². The van der Waals surface area contributed by atoms with E-state index < -0.39 is 0 Å². The minimum Gasteiger partial charge on any atom is -0.388 e. The van der Waals surface area contributed by atoms with Gasteiger partial charge in [-0.3, -0.25) is 4.98 Å². The van der Waals surface area contributed by atoms with Gasteiger partial charge in [-0.05, 0) is 30.2 Å². The highest BCUT2D eigenvalue weighted by Gasteiger charge is 1.98. The standard InChI is InChI=1S/C12H20N2S/c1-10(2)5-7-15-9-12-8-11(13-3)4-6-14-12/h4,6,8,10H,5,7,9H2,1-3H3,(H,13,14). The molecule has 0 aliphatic carbocycles. The van der Waals surface area contributed by atoms with Gasteiger partial charge in [-0.2, -0.15) is 11.8 Å². The molecular weight excluding hydrogens is 204 g/mol. The van der Waals surface area contributed by atoms with Crippen molar-refractivity contribution in [2.75, 3.05) is 18.1 Å². The number of aromatic nitrogens is 1. The van der Waals surface area contributed by atoms with E-state index in [0.29, 0.717) is 0 Å². The molecule has 1 rings (SSSR count). The van der Waals surface area contributed by atoms with Crippen molar-refractivity contribution in [3.8, 4) is 0 Å². The Morgan fingerprint density at radius 3 is 2.93 bits per heavy atom. The first-order valence-corrected chi connectivity index (χ1v) is 6.58. The van der Waals surface area contributed by atoms with Crippen LogP contribution in [0.2, 0.25) is 0 Å². The molecule has 1 aromatic rings. The van der Waals surface area contributed by atoms with Crippen LogP contribution < -0.4 is 5.32 Å². The second-order valence-electron chi connectivity index (χ2n) is 4.02. The lowest BCUT2D eigenvalue weighted by Gasteiger charge is -2.05. The summed E-state index contributed by atoms with van der Waals surface area (Å²) < 4.78 is 0. The van der Waals surface area contributed by atoms with Gasteiger partial charge in [-0.15, -0.1) is 0 Å². The molecule has 0 saturated carbocycles. The molecule has 0 radical (unpaired) electrons. The van der Waals surface area contributed by atoms with Gasteiger partial charge in [0.05, 0.1) is 5.69 Å². The third kappa shape index (κ3) is 5.07. The van der Waals surface area contributed by atoms with Gasteiger partial charge < -0.3 is 5.32 Å². The maximum atomic E-state index is 4.34. The first-order valence-electron chi connectivity index (χ1n) is 5.43. The molecule has 1 heterocycles. The van der Waals surface area contributed by atoms with Crippen LogP contribution in [-0.4, -0.2) is 17.8 Å². The molecule has 0 fully saturated rings. The minimum atomic E-state index is 0.800. The summed E-state index contributed by atoms with van der Waals surface area (Å²) >= 11 is 1.96. The predicted molar refractivity (Wildman–Crippen MR) is 69.4 cm³/mol. The topological polar surface area (TPSA) is 24.9 Å². The van der Waals surface area contributed by atoms with E-state index in [1.54, 1.807) is 0 Å². The van der Waals surface area contributed by atoms with Gasteiger partial charge in [0.2, 0.25) is 0 Å². The number of anilines is 1. The normalized spacial score (nSPS) is 10.7. The summed E-state index contributed by atoms with van der Waals surface area (Å²) in [6.07, 6.45) is 3.15. The van der Waals surface area contributed by atoms with Crippen LogP contribution in [0.15, 0.2) is 18.3 Å². The fourth-order valence-corrected chi connectivity index (χ4v) is 2.36. The summed E-state index contributed by atoms with van der Waals surface area (Å²) in [6, 6.07) is 4.10. The summed E-state index contributed by atoms with van der Waals surface area (Å²) in [4.78, 5) is 4.34. The average molecular weight is 224 g/mol. The molecule has 1 N–H and O–H groups in total. The zero-order chi connectivity index (χ0) is 11.1. The molecule has 0 aliphatic heterocycles. The van der Waals surface area contributed by atoms with Gasteiger partial charge in [-0.25, -0.2) is 0 Å². The number of rotatable bonds is 6. The Balaban J connectivity index is 2.30. The van der Waals surface area contributed by atoms with E-state index in [1.807, 2.05) is 31.1 Å². The highest BCUT2D eigenvalue weighted by atomic mass is 32.2. The van der Waals surface area contributed by atoms with Crippen LogP contribution in [0.4, 0.5) is 5.69 Å². The van der Waals surface area contributed by atoms with Crippen molar-refractivity contribution in [1.29, 1.82) is 0 Å². The summed E-state index contributed by atoms with van der Waals surface area (Å²) in [5.74, 6) is 3.04. The number of hydrogen-bond donors (Lipinski definition) is 1. The lowest BCUT2D eigenvalue weighted by molar-refractivity contribution is 0.632. The molecule has 3 heteroatoms. The molecule has 0 bridgehead atoms. The number of nitrogens with zero attached hydrogens (tertiary/aromatic N) is 1. The molecule has 0 atom stereocenters. The zero-order valence-electron chi connectivity index (χ0n) is 9.79. The molecule has 0 amide bonds. The summed E-state index contributed by atoms with van der Waals surface area (Å²) in [7, 11) is 1.94. The fraction of sp³-hybridized carbons (Fsp3) is 0.583. The minimum absolute atomic E-state index is 0.800. The zero-order valence-corrected chi connectivity index (χ0v) is 10.6. The second kappa shape index (κ2) is 6.72. The summed E-state index contributed by atoms with van der Waals surface area (Å²) in [5, 5.41) is 3.13. The Morgan fingerprint density at radius 1 is 1.47 bits per heavy atom. The fourth-order valence-electron chi connectivity index (χ4n) is 1.21. The van der Waals surface area contributed by atoms with E-state index in [4.69, 9.17) is 0 Å². The van der Waals surface area contributed by atoms with Crippen LogP contribution in [-0.2, 0) is 5.75 Å². The molecular formula is C12H20N2S. The van der Waals surface area contributed by atoms with Crippen molar-refractivity contribution < 1.29 is 0 Å². The van der Waals surface area contributed by atoms with Crippen LogP contribution in [0, 0.1) is 5.92 Å². The highest BCUT2D eigenvalue weighted by Crippen LogP contribution is 2.16. The summed E-state index contributed by atoms with van der Waals surface area (Å²) in [5.41, 5.74) is 2.31. The molecule has 0 unspecified atom stereocenters. The maximum absolute atomic E-state index is 4.34. The summed E-state index contributed by atoms with van der Waals surface area (Å²) in [6.45, 7) is 4.53. The lowest BCUT2D eigenvalue weighted by Crippen LogP contribution is -1.94. The SMILES string of the molecule is CNc1ccnc(CSCCC(C)C)c1. The van der Waals surface area contributed by atoms with Crippen LogP contribution in [0.3, 0.4) is 0 Å². The molecule has 1 aromatic heterocycles. The van der Waals surface area contributed by atoms with E-state index in [-0.39, 0.29) is 0 Å². The van der Waals surface area contributed by atoms with E-state index in [0.717, 1.165) is 23.1 Å². The van der Waals surface area contributed by atoms with E-state index in [9.17, 15) is 0 Å². The quantitative estimate of drug-likeness (QED) is 0.750. The second-order valence-corrected chi connectivity index (χ2v) is 5.13. The van der Waals surface area contributed by atoms with Crippen molar-refractivity contribution in [2.45, 2.75) is 26.0 Å². The van der Waals surface area contributed by atoms with Gasteiger partial charge in [0, 0.05) is 24.7 Å². The van der Waals surface area contributed by atoms with Crippen molar-refractivity contribution in [2.24, 2.45) is 5.92 Å². The molecule has 84 valence electrons. The Hall–Kier alpha value is -0.700. The van der Waals surface area contributed by atoms with E-state index in [1.165, 1.54) is 12.2 Å². The first-order chi connectivity index (χ1) is 7.22. The lowest BCUT2D eigenvalue weighted by atomic mass is 10.2. The average Bonchev–Trinajstić information content (AvgIpc) is 2.24. The van der Waals surface area contributed by atoms with E-state index in [2.05, 4.69) is 30.2 Å². The largest absolute Gasteiger partial charge is 0.388 e. The van der Waals surface area contributed by atoms with Crippen molar-refractivity contribution in [3.05, 3.63) is 24.0 Å². The van der Waals surface area contributed by atoms with Gasteiger partial charge in [0.25, 0.3) is 0 Å². The van der Waals surface area contributed by atoms with Crippen LogP contribution in [0.25, 0.3) is 0 Å². The Morgan fingerprint density at radius 2 is 2.27 bits per heavy atom. The molecule has 0 spiro atoms. The number of hydrogen-bond acceptors (Lipinski definition) is 3.